The number of ether oxygens (including phenoxy) is 1. The van der Waals surface area contributed by atoms with Gasteiger partial charge in [0.25, 0.3) is 0 Å². The Morgan fingerprint density at radius 2 is 1.82 bits per heavy atom. The van der Waals surface area contributed by atoms with Crippen molar-refractivity contribution in [1.29, 1.82) is 0 Å². The van der Waals surface area contributed by atoms with Crippen molar-refractivity contribution in [2.75, 3.05) is 33.7 Å². The summed E-state index contributed by atoms with van der Waals surface area (Å²) >= 11 is 0. The van der Waals surface area contributed by atoms with Crippen LogP contribution in [-0.2, 0) is 9.53 Å². The van der Waals surface area contributed by atoms with Crippen molar-refractivity contribution in [3.05, 3.63) is 0 Å². The van der Waals surface area contributed by atoms with Crippen molar-refractivity contribution >= 4 is 11.9 Å². The number of hydrogen-bond donors (Lipinski definition) is 1. The summed E-state index contributed by atoms with van der Waals surface area (Å²) in [5, 5.41) is 2.85. The number of nitrogens with zero attached hydrogens (tertiary/aromatic N) is 2. The quantitative estimate of drug-likeness (QED) is 0.840. The molecule has 22 heavy (non-hydrogen) atoms. The first-order valence-electron chi connectivity index (χ1n) is 8.05. The van der Waals surface area contributed by atoms with Crippen LogP contribution >= 0.6 is 0 Å². The van der Waals surface area contributed by atoms with Gasteiger partial charge in [-0.15, -0.1) is 0 Å². The van der Waals surface area contributed by atoms with E-state index in [-0.39, 0.29) is 29.1 Å². The van der Waals surface area contributed by atoms with Gasteiger partial charge in [0, 0.05) is 45.6 Å². The lowest BCUT2D eigenvalue weighted by Gasteiger charge is -2.52. The van der Waals surface area contributed by atoms with Crippen molar-refractivity contribution in [2.45, 2.75) is 51.7 Å². The van der Waals surface area contributed by atoms with Crippen LogP contribution in [0.1, 0.15) is 40.0 Å². The number of nitrogens with one attached hydrogen (secondary N) is 1. The zero-order valence-corrected chi connectivity index (χ0v) is 14.4. The predicted molar refractivity (Wildman–Crippen MR) is 84.6 cm³/mol. The maximum atomic E-state index is 12.3. The summed E-state index contributed by atoms with van der Waals surface area (Å²) in [6, 6.07) is -0.0878. The fourth-order valence-corrected chi connectivity index (χ4v) is 3.15. The Labute approximate surface area is 133 Å². The molecule has 6 heteroatoms. The lowest BCUT2D eigenvalue weighted by molar-refractivity contribution is -0.222. The van der Waals surface area contributed by atoms with E-state index in [1.807, 2.05) is 25.7 Å². The molecule has 1 spiro atoms. The van der Waals surface area contributed by atoms with Crippen LogP contribution in [0.3, 0.4) is 0 Å². The smallest absolute Gasteiger partial charge is 0.316 e. The Bertz CT molecular complexity index is 426. The van der Waals surface area contributed by atoms with E-state index in [0.717, 1.165) is 32.4 Å². The third-order valence-corrected chi connectivity index (χ3v) is 4.51. The first-order valence-corrected chi connectivity index (χ1v) is 8.05. The molecule has 0 aromatic rings. The molecule has 0 aromatic carbocycles. The van der Waals surface area contributed by atoms with E-state index in [1.165, 1.54) is 4.90 Å². The van der Waals surface area contributed by atoms with E-state index >= 15 is 0 Å². The number of hydrogen-bond acceptors (Lipinski definition) is 3. The van der Waals surface area contributed by atoms with E-state index in [9.17, 15) is 9.59 Å². The third kappa shape index (κ3) is 3.72. The van der Waals surface area contributed by atoms with Gasteiger partial charge in [-0.1, -0.05) is 20.8 Å². The molecule has 2 rings (SSSR count). The van der Waals surface area contributed by atoms with Crippen LogP contribution in [0.25, 0.3) is 0 Å². The Morgan fingerprint density at radius 3 is 2.27 bits per heavy atom. The SMILES string of the molecule is CN(C)C(=O)NCC1CC2(CCN(C(=O)C(C)(C)C)CC2)O1. The Kier molecular flexibility index (Phi) is 4.70. The molecule has 0 radical (unpaired) electrons. The molecule has 2 saturated heterocycles. The maximum Gasteiger partial charge on any atom is 0.316 e. The largest absolute Gasteiger partial charge is 0.370 e. The third-order valence-electron chi connectivity index (χ3n) is 4.51. The number of carbonyl (C=O) groups excluding carboxylic acids is 2. The lowest BCUT2D eigenvalue weighted by Crippen LogP contribution is -2.60. The average Bonchev–Trinajstić information content (AvgIpc) is 2.41. The van der Waals surface area contributed by atoms with Crippen molar-refractivity contribution in [1.82, 2.24) is 15.1 Å². The predicted octanol–water partition coefficient (Wildman–Crippen LogP) is 1.45. The molecular weight excluding hydrogens is 282 g/mol. The van der Waals surface area contributed by atoms with E-state index in [0.29, 0.717) is 6.54 Å². The van der Waals surface area contributed by atoms with Gasteiger partial charge in [-0.2, -0.15) is 0 Å². The average molecular weight is 311 g/mol. The minimum absolute atomic E-state index is 0.0673. The standard InChI is InChI=1S/C16H29N3O3/c1-15(2,3)13(20)19-8-6-16(7-9-19)10-12(22-16)11-17-14(21)18(4)5/h12H,6-11H2,1-5H3,(H,17,21). The van der Waals surface area contributed by atoms with Crippen LogP contribution in [0.2, 0.25) is 0 Å². The first kappa shape index (κ1) is 17.1. The molecule has 126 valence electrons. The van der Waals surface area contributed by atoms with E-state index in [1.54, 1.807) is 14.1 Å². The molecule has 2 fully saturated rings. The lowest BCUT2D eigenvalue weighted by atomic mass is 9.80. The second-order valence-electron chi connectivity index (χ2n) is 7.75. The van der Waals surface area contributed by atoms with Crippen molar-refractivity contribution in [2.24, 2.45) is 5.41 Å². The molecule has 0 saturated carbocycles. The van der Waals surface area contributed by atoms with Gasteiger partial charge in [-0.25, -0.2) is 4.79 Å². The van der Waals surface area contributed by atoms with Crippen LogP contribution in [0.15, 0.2) is 0 Å². The summed E-state index contributed by atoms with van der Waals surface area (Å²) in [7, 11) is 3.45. The Hall–Kier alpha value is -1.30. The number of piperidine rings is 1. The molecule has 3 amide bonds. The molecule has 0 bridgehead atoms. The van der Waals surface area contributed by atoms with Gasteiger partial charge in [0.2, 0.25) is 5.91 Å². The molecule has 2 aliphatic rings. The van der Waals surface area contributed by atoms with Crippen LogP contribution in [0.4, 0.5) is 4.79 Å². The summed E-state index contributed by atoms with van der Waals surface area (Å²) < 4.78 is 6.04. The highest BCUT2D eigenvalue weighted by molar-refractivity contribution is 5.81. The summed E-state index contributed by atoms with van der Waals surface area (Å²) in [5.74, 6) is 0.219. The zero-order valence-electron chi connectivity index (χ0n) is 14.4. The van der Waals surface area contributed by atoms with E-state index < -0.39 is 0 Å². The molecule has 1 unspecified atom stereocenters. The maximum absolute atomic E-state index is 12.3. The second-order valence-corrected chi connectivity index (χ2v) is 7.75. The van der Waals surface area contributed by atoms with Crippen LogP contribution in [0.5, 0.6) is 0 Å². The summed E-state index contributed by atoms with van der Waals surface area (Å²) in [6.45, 7) is 7.98. The molecular formula is C16H29N3O3. The Balaban J connectivity index is 1.73. The van der Waals surface area contributed by atoms with Gasteiger partial charge in [0.1, 0.15) is 0 Å². The minimum Gasteiger partial charge on any atom is -0.370 e. The van der Waals surface area contributed by atoms with Crippen molar-refractivity contribution in [3.8, 4) is 0 Å². The summed E-state index contributed by atoms with van der Waals surface area (Å²) in [5.41, 5.74) is -0.383. The highest BCUT2D eigenvalue weighted by atomic mass is 16.5. The fourth-order valence-electron chi connectivity index (χ4n) is 3.15. The van der Waals surface area contributed by atoms with Crippen LogP contribution in [-0.4, -0.2) is 67.2 Å². The number of urea groups is 1. The van der Waals surface area contributed by atoms with Gasteiger partial charge in [0.15, 0.2) is 0 Å². The van der Waals surface area contributed by atoms with Crippen LogP contribution in [0, 0.1) is 5.41 Å². The number of carbonyl (C=O) groups is 2. The zero-order chi connectivity index (χ0) is 16.5. The van der Waals surface area contributed by atoms with Gasteiger partial charge in [-0.3, -0.25) is 4.79 Å². The summed E-state index contributed by atoms with van der Waals surface area (Å²) in [6.07, 6.45) is 2.87. The van der Waals surface area contributed by atoms with Crippen molar-refractivity contribution in [3.63, 3.8) is 0 Å². The van der Waals surface area contributed by atoms with Crippen molar-refractivity contribution < 1.29 is 14.3 Å². The molecule has 1 atom stereocenters. The minimum atomic E-state index is -0.316. The highest BCUT2D eigenvalue weighted by Gasteiger charge is 2.48. The van der Waals surface area contributed by atoms with Gasteiger partial charge in [-0.05, 0) is 12.8 Å². The molecule has 6 nitrogen and oxygen atoms in total. The number of likely N-dealkylation sites (tertiary alicyclic amines) is 1. The summed E-state index contributed by atoms with van der Waals surface area (Å²) in [4.78, 5) is 27.2. The number of amides is 3. The highest BCUT2D eigenvalue weighted by Crippen LogP contribution is 2.41. The second kappa shape index (κ2) is 6.07. The monoisotopic (exact) mass is 311 g/mol. The van der Waals surface area contributed by atoms with E-state index in [2.05, 4.69) is 5.32 Å². The normalized spacial score (nSPS) is 23.9. The molecule has 2 aliphatic heterocycles. The molecule has 1 N–H and O–H groups in total. The number of rotatable bonds is 2. The van der Waals surface area contributed by atoms with Crippen LogP contribution < -0.4 is 5.32 Å². The van der Waals surface area contributed by atoms with Gasteiger partial charge < -0.3 is 19.9 Å². The molecule has 0 aliphatic carbocycles. The molecule has 2 heterocycles. The van der Waals surface area contributed by atoms with Gasteiger partial charge >= 0.3 is 6.03 Å². The topological polar surface area (TPSA) is 61.9 Å². The fraction of sp³-hybridized carbons (Fsp3) is 0.875. The van der Waals surface area contributed by atoms with E-state index in [4.69, 9.17) is 4.74 Å². The first-order chi connectivity index (χ1) is 10.1. The Morgan fingerprint density at radius 1 is 1.27 bits per heavy atom. The van der Waals surface area contributed by atoms with Gasteiger partial charge in [0.05, 0.1) is 11.7 Å². The molecule has 0 aromatic heterocycles.